The normalized spacial score (nSPS) is 19.6. The molecule has 0 radical (unpaired) electrons. The van der Waals surface area contributed by atoms with Crippen LogP contribution >= 0.6 is 0 Å². The second kappa shape index (κ2) is 8.64. The standard InChI is InChI=1S/C17H24FN3O4/c1-4-14-15(6-5-11(2)20-14)25-10-16(22)21-9-12(18)7-13(21)8-19-17(23)24-3/h5-6,12-13H,4,7-10H2,1-3H3,(H,19,23)/t12-,13-/m0/s1. The fourth-order valence-corrected chi connectivity index (χ4v) is 2.84. The van der Waals surface area contributed by atoms with Crippen LogP contribution in [0.1, 0.15) is 24.7 Å². The average Bonchev–Trinajstić information content (AvgIpc) is 2.98. The lowest BCUT2D eigenvalue weighted by Crippen LogP contribution is -2.44. The Balaban J connectivity index is 1.95. The van der Waals surface area contributed by atoms with Gasteiger partial charge in [-0.05, 0) is 25.5 Å². The van der Waals surface area contributed by atoms with Crippen LogP contribution in [0.25, 0.3) is 0 Å². The van der Waals surface area contributed by atoms with E-state index in [9.17, 15) is 14.0 Å². The molecule has 2 rings (SSSR count). The van der Waals surface area contributed by atoms with Crippen molar-refractivity contribution >= 4 is 12.0 Å². The molecule has 1 N–H and O–H groups in total. The van der Waals surface area contributed by atoms with Crippen molar-refractivity contribution in [2.45, 2.75) is 38.9 Å². The first-order chi connectivity index (χ1) is 11.9. The van der Waals surface area contributed by atoms with Gasteiger partial charge in [0.2, 0.25) is 0 Å². The quantitative estimate of drug-likeness (QED) is 0.841. The number of alkyl halides is 1. The van der Waals surface area contributed by atoms with E-state index in [4.69, 9.17) is 4.74 Å². The number of aromatic nitrogens is 1. The third kappa shape index (κ3) is 5.04. The molecule has 2 amide bonds. The Kier molecular flexibility index (Phi) is 6.55. The van der Waals surface area contributed by atoms with Crippen molar-refractivity contribution in [3.63, 3.8) is 0 Å². The average molecular weight is 353 g/mol. The summed E-state index contributed by atoms with van der Waals surface area (Å²) in [5.74, 6) is 0.237. The van der Waals surface area contributed by atoms with Crippen molar-refractivity contribution in [1.29, 1.82) is 0 Å². The molecule has 0 unspecified atom stereocenters. The van der Waals surface area contributed by atoms with E-state index in [1.165, 1.54) is 12.0 Å². The number of nitrogens with one attached hydrogen (secondary N) is 1. The van der Waals surface area contributed by atoms with Gasteiger partial charge in [-0.15, -0.1) is 0 Å². The maximum Gasteiger partial charge on any atom is 0.406 e. The van der Waals surface area contributed by atoms with Crippen LogP contribution in [-0.4, -0.2) is 60.9 Å². The Morgan fingerprint density at radius 1 is 1.44 bits per heavy atom. The van der Waals surface area contributed by atoms with Crippen molar-refractivity contribution in [2.75, 3.05) is 26.8 Å². The van der Waals surface area contributed by atoms with Crippen molar-refractivity contribution in [2.24, 2.45) is 0 Å². The molecule has 0 aliphatic carbocycles. The summed E-state index contributed by atoms with van der Waals surface area (Å²) in [6, 6.07) is 3.19. The summed E-state index contributed by atoms with van der Waals surface area (Å²) in [6.07, 6.45) is -0.847. The van der Waals surface area contributed by atoms with Gasteiger partial charge in [0, 0.05) is 18.7 Å². The molecule has 25 heavy (non-hydrogen) atoms. The van der Waals surface area contributed by atoms with Crippen LogP contribution in [0.5, 0.6) is 5.75 Å². The number of halogens is 1. The van der Waals surface area contributed by atoms with E-state index in [-0.39, 0.29) is 32.0 Å². The third-order valence-electron chi connectivity index (χ3n) is 4.11. The molecule has 8 heteroatoms. The molecule has 0 bridgehead atoms. The number of pyridine rings is 1. The zero-order valence-electron chi connectivity index (χ0n) is 14.8. The Bertz CT molecular complexity index is 626. The highest BCUT2D eigenvalue weighted by Gasteiger charge is 2.35. The van der Waals surface area contributed by atoms with Crippen LogP contribution in [0.3, 0.4) is 0 Å². The van der Waals surface area contributed by atoms with Crippen molar-refractivity contribution in [3.05, 3.63) is 23.5 Å². The number of carbonyl (C=O) groups is 2. The first kappa shape index (κ1) is 19.0. The summed E-state index contributed by atoms with van der Waals surface area (Å²) < 4.78 is 23.8. The molecule has 138 valence electrons. The van der Waals surface area contributed by atoms with Crippen LogP contribution in [0.2, 0.25) is 0 Å². The molecule has 2 atom stereocenters. The van der Waals surface area contributed by atoms with Gasteiger partial charge < -0.3 is 19.7 Å². The first-order valence-corrected chi connectivity index (χ1v) is 8.29. The van der Waals surface area contributed by atoms with E-state index in [1.807, 2.05) is 19.9 Å². The number of methoxy groups -OCH3 is 1. The number of likely N-dealkylation sites (tertiary alicyclic amines) is 1. The molecule has 1 aromatic heterocycles. The number of aryl methyl sites for hydroxylation is 2. The van der Waals surface area contributed by atoms with Crippen LogP contribution in [0.15, 0.2) is 12.1 Å². The lowest BCUT2D eigenvalue weighted by Gasteiger charge is -2.24. The highest BCUT2D eigenvalue weighted by molar-refractivity contribution is 5.78. The highest BCUT2D eigenvalue weighted by atomic mass is 19.1. The number of amides is 2. The topological polar surface area (TPSA) is 80.8 Å². The van der Waals surface area contributed by atoms with Gasteiger partial charge in [-0.3, -0.25) is 9.78 Å². The summed E-state index contributed by atoms with van der Waals surface area (Å²) in [7, 11) is 1.25. The molecule has 0 saturated carbocycles. The zero-order valence-corrected chi connectivity index (χ0v) is 14.8. The molecule has 1 aromatic rings. The summed E-state index contributed by atoms with van der Waals surface area (Å²) in [6.45, 7) is 3.80. The van der Waals surface area contributed by atoms with Gasteiger partial charge >= 0.3 is 6.09 Å². The number of hydrogen-bond acceptors (Lipinski definition) is 5. The molecular weight excluding hydrogens is 329 g/mol. The van der Waals surface area contributed by atoms with Crippen LogP contribution in [-0.2, 0) is 16.0 Å². The van der Waals surface area contributed by atoms with Crippen LogP contribution < -0.4 is 10.1 Å². The Hall–Kier alpha value is -2.38. The van der Waals surface area contributed by atoms with Crippen molar-refractivity contribution in [1.82, 2.24) is 15.2 Å². The van der Waals surface area contributed by atoms with E-state index < -0.39 is 18.3 Å². The molecule has 1 saturated heterocycles. The SMILES string of the molecule is CCc1nc(C)ccc1OCC(=O)N1C[C@@H](F)C[C@H]1CNC(=O)OC. The summed E-state index contributed by atoms with van der Waals surface area (Å²) in [4.78, 5) is 29.4. The second-order valence-corrected chi connectivity index (χ2v) is 5.95. The summed E-state index contributed by atoms with van der Waals surface area (Å²) in [5, 5.41) is 2.51. The Morgan fingerprint density at radius 2 is 2.20 bits per heavy atom. The molecule has 1 fully saturated rings. The van der Waals surface area contributed by atoms with E-state index >= 15 is 0 Å². The van der Waals surface area contributed by atoms with E-state index in [0.717, 1.165) is 11.4 Å². The van der Waals surface area contributed by atoms with Gasteiger partial charge in [0.05, 0.1) is 25.4 Å². The molecule has 0 spiro atoms. The van der Waals surface area contributed by atoms with E-state index in [2.05, 4.69) is 15.0 Å². The van der Waals surface area contributed by atoms with Gasteiger partial charge in [0.25, 0.3) is 5.91 Å². The van der Waals surface area contributed by atoms with Gasteiger partial charge in [-0.2, -0.15) is 0 Å². The maximum absolute atomic E-state index is 13.7. The van der Waals surface area contributed by atoms with Gasteiger partial charge in [-0.1, -0.05) is 6.92 Å². The lowest BCUT2D eigenvalue weighted by atomic mass is 10.2. The predicted molar refractivity (Wildman–Crippen MR) is 89.3 cm³/mol. The predicted octanol–water partition coefficient (Wildman–Crippen LogP) is 1.63. The van der Waals surface area contributed by atoms with Crippen LogP contribution in [0.4, 0.5) is 9.18 Å². The highest BCUT2D eigenvalue weighted by Crippen LogP contribution is 2.22. The van der Waals surface area contributed by atoms with Crippen molar-refractivity contribution < 1.29 is 23.5 Å². The smallest absolute Gasteiger partial charge is 0.406 e. The molecule has 1 aliphatic heterocycles. The number of ether oxygens (including phenoxy) is 2. The van der Waals surface area contributed by atoms with Crippen LogP contribution in [0, 0.1) is 6.92 Å². The van der Waals surface area contributed by atoms with Crippen molar-refractivity contribution in [3.8, 4) is 5.75 Å². The molecule has 2 heterocycles. The largest absolute Gasteiger partial charge is 0.482 e. The first-order valence-electron chi connectivity index (χ1n) is 8.29. The zero-order chi connectivity index (χ0) is 18.4. The minimum Gasteiger partial charge on any atom is -0.482 e. The number of hydrogen-bond donors (Lipinski definition) is 1. The van der Waals surface area contributed by atoms with Gasteiger partial charge in [0.15, 0.2) is 6.61 Å². The summed E-state index contributed by atoms with van der Waals surface area (Å²) >= 11 is 0. The maximum atomic E-state index is 13.7. The minimum absolute atomic E-state index is 0.00248. The van der Waals surface area contributed by atoms with Gasteiger partial charge in [0.1, 0.15) is 11.9 Å². The number of nitrogens with zero attached hydrogens (tertiary/aromatic N) is 2. The lowest BCUT2D eigenvalue weighted by molar-refractivity contribution is -0.134. The monoisotopic (exact) mass is 353 g/mol. The fraction of sp³-hybridized carbons (Fsp3) is 0.588. The summed E-state index contributed by atoms with van der Waals surface area (Å²) in [5.41, 5.74) is 1.66. The van der Waals surface area contributed by atoms with E-state index in [0.29, 0.717) is 12.2 Å². The Morgan fingerprint density at radius 3 is 2.88 bits per heavy atom. The number of rotatable bonds is 6. The molecule has 1 aliphatic rings. The number of alkyl carbamates (subject to hydrolysis) is 1. The molecule has 7 nitrogen and oxygen atoms in total. The van der Waals surface area contributed by atoms with Gasteiger partial charge in [-0.25, -0.2) is 9.18 Å². The minimum atomic E-state index is -1.11. The number of carbonyl (C=O) groups excluding carboxylic acids is 2. The third-order valence-corrected chi connectivity index (χ3v) is 4.11. The molecular formula is C17H24FN3O4. The fourth-order valence-electron chi connectivity index (χ4n) is 2.84. The Labute approximate surface area is 146 Å². The van der Waals surface area contributed by atoms with E-state index in [1.54, 1.807) is 6.07 Å². The second-order valence-electron chi connectivity index (χ2n) is 5.95. The molecule has 0 aromatic carbocycles.